The lowest BCUT2D eigenvalue weighted by Gasteiger charge is -2.11. The molecule has 0 saturated carbocycles. The molecule has 20 heavy (non-hydrogen) atoms. The Labute approximate surface area is 119 Å². The summed E-state index contributed by atoms with van der Waals surface area (Å²) in [4.78, 5) is 7.20. The Morgan fingerprint density at radius 2 is 1.90 bits per heavy atom. The van der Waals surface area contributed by atoms with E-state index in [-0.39, 0.29) is 5.92 Å². The molecule has 1 heterocycles. The number of aromatic amines is 1. The third kappa shape index (κ3) is 3.25. The van der Waals surface area contributed by atoms with E-state index < -0.39 is 11.7 Å². The number of benzene rings is 1. The van der Waals surface area contributed by atoms with E-state index in [1.54, 1.807) is 12.1 Å². The first-order valence-corrected chi connectivity index (χ1v) is 6.47. The van der Waals surface area contributed by atoms with Crippen LogP contribution in [0, 0.1) is 4.64 Å². The molecule has 1 aromatic heterocycles. The number of rotatable bonds is 2. The highest BCUT2D eigenvalue weighted by Crippen LogP contribution is 2.31. The van der Waals surface area contributed by atoms with E-state index >= 15 is 0 Å². The van der Waals surface area contributed by atoms with Crippen molar-refractivity contribution in [1.29, 1.82) is 0 Å². The Kier molecular flexibility index (Phi) is 3.94. The topological polar surface area (TPSA) is 28.7 Å². The molecule has 0 aliphatic rings. The monoisotopic (exact) mass is 298 g/mol. The number of aromatic nitrogens is 2. The SMILES string of the molecule is CC(C)c1nc(=S)cc(-c2cccc(C(F)(F)F)c2)[nH]1. The quantitative estimate of drug-likeness (QED) is 0.795. The molecule has 2 aromatic rings. The van der Waals surface area contributed by atoms with E-state index in [9.17, 15) is 13.2 Å². The van der Waals surface area contributed by atoms with Crippen molar-refractivity contribution in [1.82, 2.24) is 9.97 Å². The van der Waals surface area contributed by atoms with Crippen molar-refractivity contribution < 1.29 is 13.2 Å². The molecule has 1 aromatic carbocycles. The molecule has 0 bridgehead atoms. The maximum Gasteiger partial charge on any atom is 0.416 e. The number of hydrogen-bond donors (Lipinski definition) is 1. The minimum Gasteiger partial charge on any atom is -0.343 e. The number of halogens is 3. The maximum atomic E-state index is 12.7. The first-order chi connectivity index (χ1) is 9.27. The summed E-state index contributed by atoms with van der Waals surface area (Å²) < 4.78 is 38.5. The fraction of sp³-hybridized carbons (Fsp3) is 0.286. The van der Waals surface area contributed by atoms with Gasteiger partial charge in [0.05, 0.1) is 5.56 Å². The lowest BCUT2D eigenvalue weighted by molar-refractivity contribution is -0.137. The molecule has 0 saturated heterocycles. The maximum absolute atomic E-state index is 12.7. The second-order valence-electron chi connectivity index (χ2n) is 4.75. The minimum atomic E-state index is -4.36. The van der Waals surface area contributed by atoms with Crippen LogP contribution >= 0.6 is 12.2 Å². The van der Waals surface area contributed by atoms with Gasteiger partial charge in [0.2, 0.25) is 0 Å². The summed E-state index contributed by atoms with van der Waals surface area (Å²) in [5, 5.41) is 0. The molecule has 1 N–H and O–H groups in total. The van der Waals surface area contributed by atoms with E-state index in [4.69, 9.17) is 12.2 Å². The first-order valence-electron chi connectivity index (χ1n) is 6.06. The molecular formula is C14H13F3N2S. The second kappa shape index (κ2) is 5.36. The van der Waals surface area contributed by atoms with Gasteiger partial charge < -0.3 is 4.98 Å². The van der Waals surface area contributed by atoms with Crippen molar-refractivity contribution in [2.75, 3.05) is 0 Å². The third-order valence-corrected chi connectivity index (χ3v) is 3.02. The molecule has 2 rings (SSSR count). The third-order valence-electron chi connectivity index (χ3n) is 2.81. The van der Waals surface area contributed by atoms with Crippen LogP contribution in [0.1, 0.15) is 31.2 Å². The average Bonchev–Trinajstić information content (AvgIpc) is 2.37. The molecule has 106 valence electrons. The predicted molar refractivity (Wildman–Crippen MR) is 73.9 cm³/mol. The van der Waals surface area contributed by atoms with Gasteiger partial charge in [0, 0.05) is 11.6 Å². The first kappa shape index (κ1) is 14.7. The van der Waals surface area contributed by atoms with Gasteiger partial charge in [0.15, 0.2) is 0 Å². The standard InChI is InChI=1S/C14H13F3N2S/c1-8(2)13-18-11(7-12(20)19-13)9-4-3-5-10(6-9)14(15,16)17/h3-8H,1-2H3,(H,18,19,20). The highest BCUT2D eigenvalue weighted by Gasteiger charge is 2.30. The van der Waals surface area contributed by atoms with Crippen LogP contribution in [0.2, 0.25) is 0 Å². The van der Waals surface area contributed by atoms with Crippen molar-refractivity contribution in [3.05, 3.63) is 46.4 Å². The van der Waals surface area contributed by atoms with Crippen molar-refractivity contribution >= 4 is 12.2 Å². The summed E-state index contributed by atoms with van der Waals surface area (Å²) >= 11 is 5.06. The van der Waals surface area contributed by atoms with Crippen LogP contribution in [0.3, 0.4) is 0 Å². The Balaban J connectivity index is 2.54. The zero-order chi connectivity index (χ0) is 14.9. The van der Waals surface area contributed by atoms with Crippen LogP contribution in [0.4, 0.5) is 13.2 Å². The highest BCUT2D eigenvalue weighted by molar-refractivity contribution is 7.71. The Bertz CT molecular complexity index is 675. The van der Waals surface area contributed by atoms with Gasteiger partial charge in [0.25, 0.3) is 0 Å². The highest BCUT2D eigenvalue weighted by atomic mass is 32.1. The number of alkyl halides is 3. The average molecular weight is 298 g/mol. The molecule has 0 radical (unpaired) electrons. The smallest absolute Gasteiger partial charge is 0.343 e. The van der Waals surface area contributed by atoms with Crippen LogP contribution in [0.15, 0.2) is 30.3 Å². The lowest BCUT2D eigenvalue weighted by Crippen LogP contribution is -2.05. The van der Waals surface area contributed by atoms with Gasteiger partial charge in [-0.05, 0) is 23.8 Å². The van der Waals surface area contributed by atoms with Gasteiger partial charge in [-0.15, -0.1) is 0 Å². The molecule has 0 spiro atoms. The summed E-state index contributed by atoms with van der Waals surface area (Å²) in [6, 6.07) is 6.70. The van der Waals surface area contributed by atoms with Crippen LogP contribution in [0.5, 0.6) is 0 Å². The second-order valence-corrected chi connectivity index (χ2v) is 5.17. The molecule has 0 aliphatic heterocycles. The molecule has 0 fully saturated rings. The summed E-state index contributed by atoms with van der Waals surface area (Å²) in [5.41, 5.74) is 0.298. The van der Waals surface area contributed by atoms with Gasteiger partial charge in [-0.1, -0.05) is 38.2 Å². The molecule has 0 aliphatic carbocycles. The van der Waals surface area contributed by atoms with E-state index in [0.29, 0.717) is 21.7 Å². The van der Waals surface area contributed by atoms with E-state index in [1.807, 2.05) is 13.8 Å². The molecule has 0 unspecified atom stereocenters. The molecule has 2 nitrogen and oxygen atoms in total. The Morgan fingerprint density at radius 1 is 1.20 bits per heavy atom. The van der Waals surface area contributed by atoms with Crippen molar-refractivity contribution in [3.63, 3.8) is 0 Å². The summed E-state index contributed by atoms with van der Waals surface area (Å²) in [6.07, 6.45) is -4.36. The Morgan fingerprint density at radius 3 is 2.50 bits per heavy atom. The number of nitrogens with zero attached hydrogens (tertiary/aromatic N) is 1. The summed E-state index contributed by atoms with van der Waals surface area (Å²) in [7, 11) is 0. The fourth-order valence-corrected chi connectivity index (χ4v) is 1.98. The van der Waals surface area contributed by atoms with Crippen LogP contribution < -0.4 is 0 Å². The van der Waals surface area contributed by atoms with Gasteiger partial charge in [-0.2, -0.15) is 13.2 Å². The Hall–Kier alpha value is -1.69. The van der Waals surface area contributed by atoms with Crippen LogP contribution in [-0.4, -0.2) is 9.97 Å². The summed E-state index contributed by atoms with van der Waals surface area (Å²) in [5.74, 6) is 0.771. The fourth-order valence-electron chi connectivity index (χ4n) is 1.77. The van der Waals surface area contributed by atoms with Crippen LogP contribution in [-0.2, 0) is 6.18 Å². The normalized spacial score (nSPS) is 11.9. The summed E-state index contributed by atoms with van der Waals surface area (Å²) in [6.45, 7) is 3.87. The molecule has 6 heteroatoms. The van der Waals surface area contributed by atoms with E-state index in [0.717, 1.165) is 12.1 Å². The molecular weight excluding hydrogens is 285 g/mol. The van der Waals surface area contributed by atoms with Crippen LogP contribution in [0.25, 0.3) is 11.3 Å². The van der Waals surface area contributed by atoms with Gasteiger partial charge >= 0.3 is 6.18 Å². The van der Waals surface area contributed by atoms with Crippen molar-refractivity contribution in [2.45, 2.75) is 25.9 Å². The van der Waals surface area contributed by atoms with Crippen molar-refractivity contribution in [3.8, 4) is 11.3 Å². The molecule has 0 atom stereocenters. The van der Waals surface area contributed by atoms with Gasteiger partial charge in [-0.25, -0.2) is 4.98 Å². The minimum absolute atomic E-state index is 0.113. The van der Waals surface area contributed by atoms with Gasteiger partial charge in [0.1, 0.15) is 10.5 Å². The number of H-pyrrole nitrogens is 1. The lowest BCUT2D eigenvalue weighted by atomic mass is 10.1. The zero-order valence-electron chi connectivity index (χ0n) is 11.0. The number of hydrogen-bond acceptors (Lipinski definition) is 2. The van der Waals surface area contributed by atoms with Crippen molar-refractivity contribution in [2.24, 2.45) is 0 Å². The zero-order valence-corrected chi connectivity index (χ0v) is 11.8. The van der Waals surface area contributed by atoms with E-state index in [2.05, 4.69) is 9.97 Å². The van der Waals surface area contributed by atoms with Gasteiger partial charge in [-0.3, -0.25) is 0 Å². The predicted octanol–water partition coefficient (Wildman–Crippen LogP) is 4.95. The largest absolute Gasteiger partial charge is 0.416 e. The number of nitrogens with one attached hydrogen (secondary N) is 1. The van der Waals surface area contributed by atoms with E-state index in [1.165, 1.54) is 6.07 Å². The molecule has 0 amide bonds.